The van der Waals surface area contributed by atoms with Gasteiger partial charge in [0.05, 0.1) is 32.6 Å². The minimum Gasteiger partial charge on any atom is -0.497 e. The molecule has 0 unspecified atom stereocenters. The van der Waals surface area contributed by atoms with Gasteiger partial charge in [-0.2, -0.15) is 0 Å². The lowest BCUT2D eigenvalue weighted by Gasteiger charge is -2.35. The van der Waals surface area contributed by atoms with Gasteiger partial charge < -0.3 is 28.6 Å². The second-order valence-electron chi connectivity index (χ2n) is 9.58. The molecule has 1 aromatic heterocycles. The predicted octanol–water partition coefficient (Wildman–Crippen LogP) is 5.08. The summed E-state index contributed by atoms with van der Waals surface area (Å²) in [6.07, 6.45) is 0. The average Bonchev–Trinajstić information content (AvgIpc) is 3.37. The molecule has 1 fully saturated rings. The van der Waals surface area contributed by atoms with Crippen LogP contribution in [0.25, 0.3) is 16.9 Å². The molecule has 1 aliphatic heterocycles. The Bertz CT molecular complexity index is 1500. The standard InChI is InChI=1S/C32H33N3O5/c1-22-27(32(37)34-18-16-33(17-19-34)31(36)24-10-13-26(38-2)14-11-24)21-28(23-8-6-5-7-9-23)35(22)25-12-15-29(39-3)30(20-25)40-4/h5-15,20-21H,16-19H2,1-4H3. The number of hydrogen-bond acceptors (Lipinski definition) is 5. The molecule has 0 atom stereocenters. The Morgan fingerprint density at radius 3 is 1.90 bits per heavy atom. The van der Waals surface area contributed by atoms with Crippen molar-refractivity contribution in [3.63, 3.8) is 0 Å². The van der Waals surface area contributed by atoms with Crippen LogP contribution in [0.15, 0.2) is 78.9 Å². The molecular weight excluding hydrogens is 506 g/mol. The molecule has 1 aliphatic rings. The SMILES string of the molecule is COc1ccc(C(=O)N2CCN(C(=O)c3cc(-c4ccccc4)n(-c4ccc(OC)c(OC)c4)c3C)CC2)cc1. The molecule has 0 N–H and O–H groups in total. The van der Waals surface area contributed by atoms with Crippen molar-refractivity contribution in [2.45, 2.75) is 6.92 Å². The zero-order valence-corrected chi connectivity index (χ0v) is 23.2. The first-order chi connectivity index (χ1) is 19.4. The Morgan fingerprint density at radius 2 is 1.30 bits per heavy atom. The van der Waals surface area contributed by atoms with Crippen molar-refractivity contribution >= 4 is 11.8 Å². The Balaban J connectivity index is 1.41. The first kappa shape index (κ1) is 26.9. The van der Waals surface area contributed by atoms with Gasteiger partial charge >= 0.3 is 0 Å². The topological polar surface area (TPSA) is 73.2 Å². The van der Waals surface area contributed by atoms with Crippen molar-refractivity contribution < 1.29 is 23.8 Å². The number of carbonyl (C=O) groups is 2. The van der Waals surface area contributed by atoms with Crippen LogP contribution in [0.1, 0.15) is 26.4 Å². The lowest BCUT2D eigenvalue weighted by Crippen LogP contribution is -2.50. The Labute approximate surface area is 234 Å². The van der Waals surface area contributed by atoms with Crippen molar-refractivity contribution in [1.29, 1.82) is 0 Å². The van der Waals surface area contributed by atoms with Gasteiger partial charge in [-0.1, -0.05) is 30.3 Å². The fourth-order valence-corrected chi connectivity index (χ4v) is 5.14. The highest BCUT2D eigenvalue weighted by Crippen LogP contribution is 2.35. The van der Waals surface area contributed by atoms with E-state index in [9.17, 15) is 9.59 Å². The zero-order valence-electron chi connectivity index (χ0n) is 23.2. The van der Waals surface area contributed by atoms with Crippen LogP contribution in [-0.2, 0) is 0 Å². The zero-order chi connectivity index (χ0) is 28.2. The van der Waals surface area contributed by atoms with Crippen molar-refractivity contribution in [3.8, 4) is 34.2 Å². The maximum atomic E-state index is 13.8. The van der Waals surface area contributed by atoms with Crippen LogP contribution < -0.4 is 14.2 Å². The number of piperazine rings is 1. The molecule has 5 rings (SSSR count). The summed E-state index contributed by atoms with van der Waals surface area (Å²) in [5.41, 5.74) is 4.83. The van der Waals surface area contributed by atoms with Gasteiger partial charge in [0.25, 0.3) is 11.8 Å². The lowest BCUT2D eigenvalue weighted by molar-refractivity contribution is 0.0535. The summed E-state index contributed by atoms with van der Waals surface area (Å²) in [5.74, 6) is 1.85. The van der Waals surface area contributed by atoms with Gasteiger partial charge in [0.1, 0.15) is 5.75 Å². The molecule has 0 saturated carbocycles. The molecular formula is C32H33N3O5. The van der Waals surface area contributed by atoms with E-state index in [1.807, 2.05) is 66.4 Å². The molecule has 2 heterocycles. The molecule has 206 valence electrons. The number of benzene rings is 3. The number of amides is 2. The van der Waals surface area contributed by atoms with Gasteiger partial charge in [-0.3, -0.25) is 9.59 Å². The number of ether oxygens (including phenoxy) is 3. The van der Waals surface area contributed by atoms with E-state index in [1.165, 1.54) is 0 Å². The molecule has 4 aromatic rings. The van der Waals surface area contributed by atoms with Crippen LogP contribution in [-0.4, -0.2) is 73.7 Å². The first-order valence-corrected chi connectivity index (χ1v) is 13.2. The fraction of sp³-hybridized carbons (Fsp3) is 0.250. The summed E-state index contributed by atoms with van der Waals surface area (Å²) in [6.45, 7) is 3.82. The summed E-state index contributed by atoms with van der Waals surface area (Å²) in [4.78, 5) is 30.5. The molecule has 8 heteroatoms. The van der Waals surface area contributed by atoms with Gasteiger partial charge in [-0.05, 0) is 55.0 Å². The minimum absolute atomic E-state index is 0.0445. The Kier molecular flexibility index (Phi) is 7.77. The summed E-state index contributed by atoms with van der Waals surface area (Å²) in [6, 6.07) is 24.8. The molecule has 3 aromatic carbocycles. The highest BCUT2D eigenvalue weighted by molar-refractivity contribution is 5.98. The second kappa shape index (κ2) is 11.6. The van der Waals surface area contributed by atoms with E-state index in [4.69, 9.17) is 14.2 Å². The second-order valence-corrected chi connectivity index (χ2v) is 9.58. The molecule has 0 spiro atoms. The summed E-state index contributed by atoms with van der Waals surface area (Å²) >= 11 is 0. The maximum Gasteiger partial charge on any atom is 0.255 e. The van der Waals surface area contributed by atoms with E-state index in [0.29, 0.717) is 54.6 Å². The third-order valence-corrected chi connectivity index (χ3v) is 7.36. The van der Waals surface area contributed by atoms with Gasteiger partial charge in [0.15, 0.2) is 11.5 Å². The summed E-state index contributed by atoms with van der Waals surface area (Å²) in [7, 11) is 4.81. The Morgan fingerprint density at radius 1 is 0.675 bits per heavy atom. The van der Waals surface area contributed by atoms with E-state index < -0.39 is 0 Å². The summed E-state index contributed by atoms with van der Waals surface area (Å²) < 4.78 is 18.3. The predicted molar refractivity (Wildman–Crippen MR) is 154 cm³/mol. The number of aromatic nitrogens is 1. The van der Waals surface area contributed by atoms with Crippen LogP contribution in [0.5, 0.6) is 17.2 Å². The van der Waals surface area contributed by atoms with E-state index in [-0.39, 0.29) is 11.8 Å². The molecule has 0 bridgehead atoms. The number of hydrogen-bond donors (Lipinski definition) is 0. The molecule has 1 saturated heterocycles. The van der Waals surface area contributed by atoms with E-state index in [0.717, 1.165) is 22.6 Å². The number of carbonyl (C=O) groups excluding carboxylic acids is 2. The third kappa shape index (κ3) is 5.12. The lowest BCUT2D eigenvalue weighted by atomic mass is 10.1. The van der Waals surface area contributed by atoms with E-state index in [1.54, 1.807) is 50.5 Å². The van der Waals surface area contributed by atoms with Crippen LogP contribution in [0, 0.1) is 6.92 Å². The number of nitrogens with zero attached hydrogens (tertiary/aromatic N) is 3. The van der Waals surface area contributed by atoms with Crippen molar-refractivity contribution in [3.05, 3.63) is 95.7 Å². The monoisotopic (exact) mass is 539 g/mol. The van der Waals surface area contributed by atoms with Crippen molar-refractivity contribution in [2.75, 3.05) is 47.5 Å². The van der Waals surface area contributed by atoms with Gasteiger partial charge in [-0.15, -0.1) is 0 Å². The highest BCUT2D eigenvalue weighted by atomic mass is 16.5. The smallest absolute Gasteiger partial charge is 0.255 e. The Hall–Kier alpha value is -4.72. The summed E-state index contributed by atoms with van der Waals surface area (Å²) in [5, 5.41) is 0. The van der Waals surface area contributed by atoms with E-state index >= 15 is 0 Å². The largest absolute Gasteiger partial charge is 0.497 e. The van der Waals surface area contributed by atoms with Gasteiger partial charge in [0, 0.05) is 49.2 Å². The normalized spacial score (nSPS) is 13.2. The highest BCUT2D eigenvalue weighted by Gasteiger charge is 2.28. The van der Waals surface area contributed by atoms with Crippen molar-refractivity contribution in [1.82, 2.24) is 14.4 Å². The van der Waals surface area contributed by atoms with Gasteiger partial charge in [-0.25, -0.2) is 0 Å². The molecule has 2 amide bonds. The minimum atomic E-state index is -0.0505. The molecule has 0 radical (unpaired) electrons. The van der Waals surface area contributed by atoms with E-state index in [2.05, 4.69) is 4.57 Å². The van der Waals surface area contributed by atoms with Crippen LogP contribution in [0.2, 0.25) is 0 Å². The molecule has 0 aliphatic carbocycles. The molecule has 8 nitrogen and oxygen atoms in total. The van der Waals surface area contributed by atoms with Crippen molar-refractivity contribution in [2.24, 2.45) is 0 Å². The fourth-order valence-electron chi connectivity index (χ4n) is 5.14. The van der Waals surface area contributed by atoms with Gasteiger partial charge in [0.2, 0.25) is 0 Å². The number of methoxy groups -OCH3 is 3. The van der Waals surface area contributed by atoms with Crippen LogP contribution >= 0.6 is 0 Å². The average molecular weight is 540 g/mol. The third-order valence-electron chi connectivity index (χ3n) is 7.36. The first-order valence-electron chi connectivity index (χ1n) is 13.2. The molecule has 40 heavy (non-hydrogen) atoms. The van der Waals surface area contributed by atoms with Crippen LogP contribution in [0.4, 0.5) is 0 Å². The number of rotatable bonds is 7. The quantitative estimate of drug-likeness (QED) is 0.328. The van der Waals surface area contributed by atoms with Crippen LogP contribution in [0.3, 0.4) is 0 Å². The maximum absolute atomic E-state index is 13.8.